The molecule has 0 saturated heterocycles. The van der Waals surface area contributed by atoms with Crippen molar-refractivity contribution in [3.63, 3.8) is 0 Å². The molecule has 0 fully saturated rings. The maximum absolute atomic E-state index is 12.7. The van der Waals surface area contributed by atoms with Crippen LogP contribution in [-0.2, 0) is 30.4 Å². The lowest BCUT2D eigenvalue weighted by Gasteiger charge is -2.10. The van der Waals surface area contributed by atoms with Crippen LogP contribution in [0.2, 0.25) is 0 Å². The van der Waals surface area contributed by atoms with Crippen LogP contribution in [0.4, 0.5) is 24.5 Å². The molecular weight excluding hydrogens is 463 g/mol. The molecule has 0 unspecified atom stereocenters. The molecule has 10 heteroatoms. The quantitative estimate of drug-likeness (QED) is 0.326. The van der Waals surface area contributed by atoms with E-state index in [-0.39, 0.29) is 12.3 Å². The minimum Gasteiger partial charge on any atom is -0.397 e. The highest BCUT2D eigenvalue weighted by Crippen LogP contribution is 2.30. The molecule has 0 atom stereocenters. The predicted octanol–water partition coefficient (Wildman–Crippen LogP) is 5.42. The number of nitrogens with one attached hydrogen (secondary N) is 1. The van der Waals surface area contributed by atoms with E-state index in [9.17, 15) is 18.0 Å². The number of amides is 1. The smallest absolute Gasteiger partial charge is 0.397 e. The number of alkyl halides is 3. The number of carbonyl (C=O) groups excluding carboxylic acids is 1. The van der Waals surface area contributed by atoms with E-state index in [1.54, 1.807) is 28.3 Å². The Morgan fingerprint density at radius 3 is 2.56 bits per heavy atom. The molecule has 34 heavy (non-hydrogen) atoms. The molecule has 2 aromatic heterocycles. The van der Waals surface area contributed by atoms with Crippen molar-refractivity contribution in [2.75, 3.05) is 11.1 Å². The Hall–Kier alpha value is -3.66. The van der Waals surface area contributed by atoms with Crippen molar-refractivity contribution < 1.29 is 18.0 Å². The SMILES string of the molecule is Nc1ccc(-c2ccsc2)cc1NC(=O)CCc1cn(CCc2ccc(C(F)(F)F)cc2)nn1. The van der Waals surface area contributed by atoms with Crippen LogP contribution in [0, 0.1) is 0 Å². The fourth-order valence-electron chi connectivity index (χ4n) is 3.39. The van der Waals surface area contributed by atoms with Gasteiger partial charge >= 0.3 is 6.18 Å². The zero-order valence-electron chi connectivity index (χ0n) is 18.0. The normalized spacial score (nSPS) is 11.5. The zero-order chi connectivity index (χ0) is 24.1. The van der Waals surface area contributed by atoms with E-state index in [1.165, 1.54) is 12.1 Å². The molecule has 176 valence electrons. The molecule has 4 aromatic rings. The average molecular weight is 486 g/mol. The van der Waals surface area contributed by atoms with E-state index in [1.807, 2.05) is 29.0 Å². The molecule has 0 aliphatic rings. The van der Waals surface area contributed by atoms with Gasteiger partial charge in [-0.05, 0) is 64.2 Å². The van der Waals surface area contributed by atoms with Crippen LogP contribution in [0.1, 0.15) is 23.2 Å². The van der Waals surface area contributed by atoms with Gasteiger partial charge in [-0.25, -0.2) is 0 Å². The first kappa shape index (κ1) is 23.5. The number of hydrogen-bond donors (Lipinski definition) is 2. The van der Waals surface area contributed by atoms with Crippen LogP contribution >= 0.6 is 11.3 Å². The second kappa shape index (κ2) is 10.1. The standard InChI is InChI=1S/C24H22F3N5OS/c25-24(26,27)19-4-1-16(2-5-19)9-11-32-14-20(30-31-32)6-8-23(33)29-22-13-17(3-7-21(22)28)18-10-12-34-15-18/h1-5,7,10,12-15H,6,8-9,11,28H2,(H,29,33). The van der Waals surface area contributed by atoms with Crippen molar-refractivity contribution in [3.8, 4) is 11.1 Å². The number of nitrogen functional groups attached to an aromatic ring is 1. The van der Waals surface area contributed by atoms with Crippen molar-refractivity contribution in [3.05, 3.63) is 82.3 Å². The summed E-state index contributed by atoms with van der Waals surface area (Å²) < 4.78 is 39.6. The zero-order valence-corrected chi connectivity index (χ0v) is 18.9. The van der Waals surface area contributed by atoms with E-state index in [4.69, 9.17) is 5.73 Å². The maximum Gasteiger partial charge on any atom is 0.416 e. The summed E-state index contributed by atoms with van der Waals surface area (Å²) in [6, 6.07) is 12.6. The second-order valence-electron chi connectivity index (χ2n) is 7.78. The largest absolute Gasteiger partial charge is 0.416 e. The Morgan fingerprint density at radius 2 is 1.85 bits per heavy atom. The van der Waals surface area contributed by atoms with E-state index in [2.05, 4.69) is 15.6 Å². The van der Waals surface area contributed by atoms with Gasteiger partial charge in [0.25, 0.3) is 0 Å². The predicted molar refractivity (Wildman–Crippen MR) is 126 cm³/mol. The summed E-state index contributed by atoms with van der Waals surface area (Å²) in [4.78, 5) is 12.5. The van der Waals surface area contributed by atoms with E-state index in [0.717, 1.165) is 28.8 Å². The van der Waals surface area contributed by atoms with Crippen LogP contribution in [0.15, 0.2) is 65.5 Å². The minimum atomic E-state index is -4.34. The van der Waals surface area contributed by atoms with E-state index < -0.39 is 11.7 Å². The van der Waals surface area contributed by atoms with Gasteiger partial charge in [0.15, 0.2) is 0 Å². The van der Waals surface area contributed by atoms with Crippen LogP contribution in [-0.4, -0.2) is 20.9 Å². The lowest BCUT2D eigenvalue weighted by Crippen LogP contribution is -2.13. The van der Waals surface area contributed by atoms with E-state index >= 15 is 0 Å². The van der Waals surface area contributed by atoms with Gasteiger partial charge in [-0.15, -0.1) is 5.10 Å². The number of thiophene rings is 1. The molecule has 0 saturated carbocycles. The molecule has 6 nitrogen and oxygen atoms in total. The number of hydrogen-bond acceptors (Lipinski definition) is 5. The number of rotatable bonds is 8. The number of aromatic nitrogens is 3. The van der Waals surface area contributed by atoms with Gasteiger partial charge in [-0.3, -0.25) is 9.48 Å². The first-order valence-electron chi connectivity index (χ1n) is 10.5. The van der Waals surface area contributed by atoms with Gasteiger partial charge in [-0.1, -0.05) is 23.4 Å². The number of benzene rings is 2. The van der Waals surface area contributed by atoms with Crippen LogP contribution in [0.25, 0.3) is 11.1 Å². The van der Waals surface area contributed by atoms with Crippen LogP contribution < -0.4 is 11.1 Å². The highest BCUT2D eigenvalue weighted by molar-refractivity contribution is 7.08. The number of carbonyl (C=O) groups is 1. The third-order valence-corrected chi connectivity index (χ3v) is 5.97. The Labute approximate surface area is 198 Å². The fraction of sp³-hybridized carbons (Fsp3) is 0.208. The molecule has 4 rings (SSSR count). The van der Waals surface area contributed by atoms with Gasteiger partial charge in [0.05, 0.1) is 22.6 Å². The van der Waals surface area contributed by atoms with Crippen molar-refractivity contribution in [2.24, 2.45) is 0 Å². The van der Waals surface area contributed by atoms with Gasteiger partial charge in [-0.2, -0.15) is 24.5 Å². The third kappa shape index (κ3) is 6.02. The first-order chi connectivity index (χ1) is 16.3. The molecule has 2 aromatic carbocycles. The minimum absolute atomic E-state index is 0.187. The topological polar surface area (TPSA) is 85.8 Å². The second-order valence-corrected chi connectivity index (χ2v) is 8.56. The summed E-state index contributed by atoms with van der Waals surface area (Å²) in [5.74, 6) is -0.187. The third-order valence-electron chi connectivity index (χ3n) is 5.29. The lowest BCUT2D eigenvalue weighted by molar-refractivity contribution is -0.137. The van der Waals surface area contributed by atoms with Gasteiger partial charge < -0.3 is 11.1 Å². The highest BCUT2D eigenvalue weighted by atomic mass is 32.1. The number of halogens is 3. The number of nitrogens with zero attached hydrogens (tertiary/aromatic N) is 3. The van der Waals surface area contributed by atoms with Gasteiger partial charge in [0, 0.05) is 25.6 Å². The molecule has 0 spiro atoms. The average Bonchev–Trinajstić information content (AvgIpc) is 3.50. The van der Waals surface area contributed by atoms with Crippen LogP contribution in [0.5, 0.6) is 0 Å². The summed E-state index contributed by atoms with van der Waals surface area (Å²) in [7, 11) is 0. The van der Waals surface area contributed by atoms with Gasteiger partial charge in [0.2, 0.25) is 5.91 Å². The number of anilines is 2. The lowest BCUT2D eigenvalue weighted by atomic mass is 10.1. The molecule has 2 heterocycles. The highest BCUT2D eigenvalue weighted by Gasteiger charge is 2.29. The molecule has 0 radical (unpaired) electrons. The molecule has 0 aliphatic heterocycles. The van der Waals surface area contributed by atoms with E-state index in [0.29, 0.717) is 36.5 Å². The molecule has 3 N–H and O–H groups in total. The van der Waals surface area contributed by atoms with Crippen molar-refractivity contribution in [1.82, 2.24) is 15.0 Å². The molecule has 1 amide bonds. The number of nitrogens with two attached hydrogens (primary N) is 1. The van der Waals surface area contributed by atoms with Crippen molar-refractivity contribution >= 4 is 28.6 Å². The summed E-state index contributed by atoms with van der Waals surface area (Å²) in [6.45, 7) is 0.469. The summed E-state index contributed by atoms with van der Waals surface area (Å²) >= 11 is 1.60. The number of aryl methyl sites for hydroxylation is 3. The molecular formula is C24H22F3N5OS. The summed E-state index contributed by atoms with van der Waals surface area (Å²) in [6.07, 6.45) is -1.48. The monoisotopic (exact) mass is 485 g/mol. The van der Waals surface area contributed by atoms with Crippen molar-refractivity contribution in [2.45, 2.75) is 32.0 Å². The Balaban J connectivity index is 1.28. The Morgan fingerprint density at radius 1 is 1.06 bits per heavy atom. The van der Waals surface area contributed by atoms with Crippen LogP contribution in [0.3, 0.4) is 0 Å². The molecule has 0 bridgehead atoms. The summed E-state index contributed by atoms with van der Waals surface area (Å²) in [5.41, 5.74) is 9.86. The first-order valence-corrected chi connectivity index (χ1v) is 11.5. The molecule has 0 aliphatic carbocycles. The fourth-order valence-corrected chi connectivity index (χ4v) is 4.06. The van der Waals surface area contributed by atoms with Gasteiger partial charge in [0.1, 0.15) is 0 Å². The summed E-state index contributed by atoms with van der Waals surface area (Å²) in [5, 5.41) is 15.0. The maximum atomic E-state index is 12.7. The Kier molecular flexibility index (Phi) is 6.97. The van der Waals surface area contributed by atoms with Crippen molar-refractivity contribution in [1.29, 1.82) is 0 Å². The Bertz CT molecular complexity index is 1250.